The fourth-order valence-corrected chi connectivity index (χ4v) is 2.14. The number of carboxylic acid groups (broad SMARTS) is 4. The molecule has 0 aromatic heterocycles. The molecular weight excluding hydrogens is 276 g/mol. The zero-order valence-corrected chi connectivity index (χ0v) is 10.5. The summed E-state index contributed by atoms with van der Waals surface area (Å²) >= 11 is 0. The van der Waals surface area contributed by atoms with E-state index >= 15 is 0 Å². The van der Waals surface area contributed by atoms with Crippen LogP contribution in [0.1, 0.15) is 32.1 Å². The van der Waals surface area contributed by atoms with Crippen LogP contribution in [0.25, 0.3) is 0 Å². The van der Waals surface area contributed by atoms with Gasteiger partial charge in [-0.05, 0) is 6.42 Å². The van der Waals surface area contributed by atoms with Gasteiger partial charge in [0.15, 0.2) is 0 Å². The van der Waals surface area contributed by atoms with Crippen molar-refractivity contribution in [1.29, 1.82) is 0 Å². The van der Waals surface area contributed by atoms with Crippen molar-refractivity contribution in [1.82, 2.24) is 0 Å². The molecule has 0 saturated carbocycles. The number of aliphatic carboxylic acids is 4. The zero-order chi connectivity index (χ0) is 15.9. The average molecular weight is 292 g/mol. The minimum Gasteiger partial charge on any atom is -0.481 e. The lowest BCUT2D eigenvalue weighted by molar-refractivity contribution is -0.148. The van der Waals surface area contributed by atoms with Gasteiger partial charge in [0.05, 0.1) is 31.8 Å². The zero-order valence-electron chi connectivity index (χ0n) is 10.5. The second-order valence-corrected chi connectivity index (χ2v) is 4.67. The Bertz CT molecular complexity index is 360. The van der Waals surface area contributed by atoms with Crippen LogP contribution in [-0.2, 0) is 19.2 Å². The van der Waals surface area contributed by atoms with Crippen LogP contribution in [0.3, 0.4) is 0 Å². The molecule has 0 aromatic rings. The lowest BCUT2D eigenvalue weighted by Crippen LogP contribution is -2.35. The molecule has 9 nitrogen and oxygen atoms in total. The molecule has 0 aliphatic heterocycles. The Labute approximate surface area is 113 Å². The standard InChI is InChI=1S/C11H16O9/c12-6(1-7(13)14)2-11(3-8(15)16,4-9(17)18)5-10(19)20/h6,12H,1-5H2,(H,13,14)(H,15,16)(H,17,18)(H,19,20). The van der Waals surface area contributed by atoms with Gasteiger partial charge in [-0.3, -0.25) is 19.2 Å². The van der Waals surface area contributed by atoms with E-state index in [1.165, 1.54) is 0 Å². The monoisotopic (exact) mass is 292 g/mol. The Hall–Kier alpha value is -2.16. The van der Waals surface area contributed by atoms with Gasteiger partial charge >= 0.3 is 23.9 Å². The molecule has 0 rings (SSSR count). The van der Waals surface area contributed by atoms with Crippen molar-refractivity contribution in [2.24, 2.45) is 5.41 Å². The summed E-state index contributed by atoms with van der Waals surface area (Å²) in [4.78, 5) is 42.8. The molecule has 0 heterocycles. The van der Waals surface area contributed by atoms with Gasteiger partial charge < -0.3 is 25.5 Å². The van der Waals surface area contributed by atoms with Crippen LogP contribution in [0.2, 0.25) is 0 Å². The second kappa shape index (κ2) is 7.43. The first-order valence-electron chi connectivity index (χ1n) is 5.61. The van der Waals surface area contributed by atoms with E-state index in [2.05, 4.69) is 0 Å². The molecular formula is C11H16O9. The summed E-state index contributed by atoms with van der Waals surface area (Å²) < 4.78 is 0. The topological polar surface area (TPSA) is 169 Å². The van der Waals surface area contributed by atoms with Gasteiger partial charge in [-0.25, -0.2) is 0 Å². The lowest BCUT2D eigenvalue weighted by atomic mass is 9.73. The van der Waals surface area contributed by atoms with E-state index in [0.29, 0.717) is 0 Å². The van der Waals surface area contributed by atoms with Gasteiger partial charge in [-0.2, -0.15) is 0 Å². The summed E-state index contributed by atoms with van der Waals surface area (Å²) in [5, 5.41) is 44.4. The predicted octanol–water partition coefficient (Wildman–Crippen LogP) is -0.377. The van der Waals surface area contributed by atoms with Crippen LogP contribution in [-0.4, -0.2) is 55.5 Å². The van der Waals surface area contributed by atoms with Crippen LogP contribution < -0.4 is 0 Å². The first-order valence-corrected chi connectivity index (χ1v) is 5.61. The minimum atomic E-state index is -1.74. The van der Waals surface area contributed by atoms with Crippen molar-refractivity contribution >= 4 is 23.9 Å². The fourth-order valence-electron chi connectivity index (χ4n) is 2.14. The van der Waals surface area contributed by atoms with Gasteiger partial charge in [-0.1, -0.05) is 0 Å². The molecule has 5 N–H and O–H groups in total. The third-order valence-corrected chi connectivity index (χ3v) is 2.66. The molecule has 0 saturated heterocycles. The van der Waals surface area contributed by atoms with Crippen LogP contribution in [0.15, 0.2) is 0 Å². The normalized spacial score (nSPS) is 12.7. The molecule has 20 heavy (non-hydrogen) atoms. The molecule has 0 radical (unpaired) electrons. The molecule has 0 aliphatic carbocycles. The van der Waals surface area contributed by atoms with Gasteiger partial charge in [0.1, 0.15) is 0 Å². The predicted molar refractivity (Wildman–Crippen MR) is 62.1 cm³/mol. The number of hydrogen-bond donors (Lipinski definition) is 5. The van der Waals surface area contributed by atoms with Crippen molar-refractivity contribution in [2.75, 3.05) is 0 Å². The van der Waals surface area contributed by atoms with E-state index in [9.17, 15) is 24.3 Å². The summed E-state index contributed by atoms with van der Waals surface area (Å²) in [6, 6.07) is 0. The van der Waals surface area contributed by atoms with Crippen molar-refractivity contribution in [3.63, 3.8) is 0 Å². The van der Waals surface area contributed by atoms with E-state index in [1.807, 2.05) is 0 Å². The first-order chi connectivity index (χ1) is 9.06. The summed E-state index contributed by atoms with van der Waals surface area (Å²) in [5.41, 5.74) is -1.74. The smallest absolute Gasteiger partial charge is 0.305 e. The highest BCUT2D eigenvalue weighted by Crippen LogP contribution is 2.37. The lowest BCUT2D eigenvalue weighted by Gasteiger charge is -2.31. The Balaban J connectivity index is 5.23. The molecule has 9 heteroatoms. The minimum absolute atomic E-state index is 0.538. The van der Waals surface area contributed by atoms with Crippen molar-refractivity contribution in [3.8, 4) is 0 Å². The molecule has 0 aromatic carbocycles. The maximum absolute atomic E-state index is 10.8. The number of carbonyl (C=O) groups is 4. The Morgan fingerprint density at radius 1 is 0.750 bits per heavy atom. The van der Waals surface area contributed by atoms with E-state index in [1.54, 1.807) is 0 Å². The molecule has 1 unspecified atom stereocenters. The highest BCUT2D eigenvalue weighted by molar-refractivity contribution is 5.75. The van der Waals surface area contributed by atoms with Gasteiger partial charge in [0.25, 0.3) is 0 Å². The SMILES string of the molecule is O=C(O)CC(O)CC(CC(=O)O)(CC(=O)O)CC(=O)O. The van der Waals surface area contributed by atoms with E-state index < -0.39 is 67.5 Å². The van der Waals surface area contributed by atoms with Crippen molar-refractivity contribution in [3.05, 3.63) is 0 Å². The van der Waals surface area contributed by atoms with E-state index in [-0.39, 0.29) is 0 Å². The molecule has 0 spiro atoms. The Morgan fingerprint density at radius 3 is 1.35 bits per heavy atom. The van der Waals surface area contributed by atoms with Crippen LogP contribution >= 0.6 is 0 Å². The Morgan fingerprint density at radius 2 is 1.10 bits per heavy atom. The maximum atomic E-state index is 10.8. The molecule has 1 atom stereocenters. The van der Waals surface area contributed by atoms with Gasteiger partial charge in [0, 0.05) is 5.41 Å². The number of carboxylic acids is 4. The summed E-state index contributed by atoms with van der Waals surface area (Å²) in [6.45, 7) is 0. The molecule has 0 aliphatic rings. The van der Waals surface area contributed by atoms with Gasteiger partial charge in [0.2, 0.25) is 0 Å². The largest absolute Gasteiger partial charge is 0.481 e. The van der Waals surface area contributed by atoms with Crippen LogP contribution in [0, 0.1) is 5.41 Å². The maximum Gasteiger partial charge on any atom is 0.305 e. The van der Waals surface area contributed by atoms with Crippen molar-refractivity contribution in [2.45, 2.75) is 38.2 Å². The quantitative estimate of drug-likeness (QED) is 0.360. The molecule has 0 bridgehead atoms. The summed E-state index contributed by atoms with van der Waals surface area (Å²) in [6.07, 6.45) is -5.15. The molecule has 0 fully saturated rings. The highest BCUT2D eigenvalue weighted by Gasteiger charge is 2.39. The summed E-state index contributed by atoms with van der Waals surface area (Å²) in [7, 11) is 0. The molecule has 114 valence electrons. The van der Waals surface area contributed by atoms with Crippen LogP contribution in [0.5, 0.6) is 0 Å². The third-order valence-electron chi connectivity index (χ3n) is 2.66. The molecule has 0 amide bonds. The number of hydrogen-bond acceptors (Lipinski definition) is 5. The number of aliphatic hydroxyl groups is 1. The van der Waals surface area contributed by atoms with E-state index in [4.69, 9.17) is 20.4 Å². The average Bonchev–Trinajstić information content (AvgIpc) is 2.09. The van der Waals surface area contributed by atoms with E-state index in [0.717, 1.165) is 0 Å². The number of rotatable bonds is 10. The number of aliphatic hydroxyl groups excluding tert-OH is 1. The first kappa shape index (κ1) is 17.8. The van der Waals surface area contributed by atoms with Gasteiger partial charge in [-0.15, -0.1) is 0 Å². The second-order valence-electron chi connectivity index (χ2n) is 4.67. The van der Waals surface area contributed by atoms with Crippen LogP contribution in [0.4, 0.5) is 0 Å². The third kappa shape index (κ3) is 7.31. The van der Waals surface area contributed by atoms with Crippen molar-refractivity contribution < 1.29 is 44.7 Å². The Kier molecular flexibility index (Phi) is 6.63. The highest BCUT2D eigenvalue weighted by atomic mass is 16.4. The fraction of sp³-hybridized carbons (Fsp3) is 0.636. The summed E-state index contributed by atoms with van der Waals surface area (Å²) in [5.74, 6) is -5.62.